The smallest absolute Gasteiger partial charge is 0.235 e. The molecule has 1 atom stereocenters. The van der Waals surface area contributed by atoms with Gasteiger partial charge in [-0.15, -0.1) is 0 Å². The third-order valence-corrected chi connectivity index (χ3v) is 4.89. The molecule has 0 N–H and O–H groups in total. The van der Waals surface area contributed by atoms with Crippen LogP contribution in [0.15, 0.2) is 18.2 Å². The first kappa shape index (κ1) is 14.3. The largest absolute Gasteiger partial charge is 0.496 e. The highest BCUT2D eigenvalue weighted by molar-refractivity contribution is 8.14. The van der Waals surface area contributed by atoms with Gasteiger partial charge in [-0.25, -0.2) is 8.42 Å². The molecule has 1 aromatic carbocycles. The number of hydrogen-bond acceptors (Lipinski definition) is 3. The van der Waals surface area contributed by atoms with E-state index in [0.717, 1.165) is 16.9 Å². The Kier molecular flexibility index (Phi) is 4.83. The van der Waals surface area contributed by atoms with Crippen molar-refractivity contribution >= 4 is 19.7 Å². The van der Waals surface area contributed by atoms with Crippen molar-refractivity contribution in [3.8, 4) is 5.75 Å². The van der Waals surface area contributed by atoms with Crippen LogP contribution in [0, 0.1) is 6.92 Å². The molecule has 0 aromatic heterocycles. The topological polar surface area (TPSA) is 43.4 Å². The number of benzene rings is 1. The lowest BCUT2D eigenvalue weighted by atomic mass is 10.1. The first-order chi connectivity index (χ1) is 7.84. The summed E-state index contributed by atoms with van der Waals surface area (Å²) in [5.74, 6) is 0.840. The second kappa shape index (κ2) is 5.74. The van der Waals surface area contributed by atoms with E-state index in [0.29, 0.717) is 12.8 Å². The van der Waals surface area contributed by atoms with Crippen molar-refractivity contribution in [3.63, 3.8) is 0 Å². The normalized spacial score (nSPS) is 13.4. The van der Waals surface area contributed by atoms with E-state index in [1.807, 2.05) is 25.1 Å². The van der Waals surface area contributed by atoms with Crippen LogP contribution in [0.1, 0.15) is 24.5 Å². The average Bonchev–Trinajstić information content (AvgIpc) is 2.24. The van der Waals surface area contributed by atoms with Gasteiger partial charge in [0, 0.05) is 10.7 Å². The summed E-state index contributed by atoms with van der Waals surface area (Å²) in [6.07, 6.45) is 1.22. The van der Waals surface area contributed by atoms with Gasteiger partial charge in [0.05, 0.1) is 12.4 Å². The molecule has 0 aliphatic carbocycles. The number of halogens is 1. The molecular weight excluding hydrogens is 260 g/mol. The molecular formula is C12H17ClO3S. The number of ether oxygens (including phenoxy) is 1. The van der Waals surface area contributed by atoms with Crippen molar-refractivity contribution in [2.75, 3.05) is 7.11 Å². The Bertz CT molecular complexity index is 483. The van der Waals surface area contributed by atoms with E-state index in [1.54, 1.807) is 14.0 Å². The van der Waals surface area contributed by atoms with Gasteiger partial charge in [-0.05, 0) is 43.9 Å². The molecule has 17 heavy (non-hydrogen) atoms. The van der Waals surface area contributed by atoms with Crippen LogP contribution in [0.25, 0.3) is 0 Å². The van der Waals surface area contributed by atoms with Crippen LogP contribution in [-0.2, 0) is 15.5 Å². The Morgan fingerprint density at radius 1 is 1.41 bits per heavy atom. The maximum absolute atomic E-state index is 11.1. The zero-order chi connectivity index (χ0) is 13.1. The zero-order valence-electron chi connectivity index (χ0n) is 10.2. The minimum atomic E-state index is -3.45. The lowest BCUT2D eigenvalue weighted by Crippen LogP contribution is -2.12. The monoisotopic (exact) mass is 276 g/mol. The van der Waals surface area contributed by atoms with E-state index < -0.39 is 14.3 Å². The van der Waals surface area contributed by atoms with E-state index in [-0.39, 0.29) is 0 Å². The molecule has 96 valence electrons. The van der Waals surface area contributed by atoms with Crippen LogP contribution in [0.5, 0.6) is 5.75 Å². The van der Waals surface area contributed by atoms with Crippen molar-refractivity contribution in [1.82, 2.24) is 0 Å². The molecule has 0 fully saturated rings. The van der Waals surface area contributed by atoms with Gasteiger partial charge in [-0.1, -0.05) is 12.1 Å². The maximum atomic E-state index is 11.1. The molecule has 0 saturated carbocycles. The Morgan fingerprint density at radius 3 is 2.53 bits per heavy atom. The number of methoxy groups -OCH3 is 1. The predicted molar refractivity (Wildman–Crippen MR) is 70.3 cm³/mol. The number of aryl methyl sites for hydroxylation is 2. The zero-order valence-corrected chi connectivity index (χ0v) is 11.8. The number of rotatable bonds is 5. The van der Waals surface area contributed by atoms with Crippen molar-refractivity contribution in [1.29, 1.82) is 0 Å². The van der Waals surface area contributed by atoms with Crippen molar-refractivity contribution in [2.45, 2.75) is 31.9 Å². The lowest BCUT2D eigenvalue weighted by Gasteiger charge is -2.09. The summed E-state index contributed by atoms with van der Waals surface area (Å²) in [4.78, 5) is 0. The predicted octanol–water partition coefficient (Wildman–Crippen LogP) is 2.89. The molecule has 0 aliphatic rings. The fourth-order valence-corrected chi connectivity index (χ4v) is 2.27. The van der Waals surface area contributed by atoms with Gasteiger partial charge < -0.3 is 4.74 Å². The summed E-state index contributed by atoms with van der Waals surface area (Å²) < 4.78 is 27.3. The third kappa shape index (κ3) is 4.21. The van der Waals surface area contributed by atoms with Crippen LogP contribution < -0.4 is 4.74 Å². The van der Waals surface area contributed by atoms with Crippen LogP contribution >= 0.6 is 10.7 Å². The van der Waals surface area contributed by atoms with Gasteiger partial charge in [0.25, 0.3) is 0 Å². The third-order valence-electron chi connectivity index (χ3n) is 2.78. The highest BCUT2D eigenvalue weighted by atomic mass is 35.7. The highest BCUT2D eigenvalue weighted by Gasteiger charge is 2.17. The fourth-order valence-electron chi connectivity index (χ4n) is 1.61. The summed E-state index contributed by atoms with van der Waals surface area (Å²) >= 11 is 0. The fraction of sp³-hybridized carbons (Fsp3) is 0.500. The van der Waals surface area contributed by atoms with Gasteiger partial charge in [0.1, 0.15) is 5.75 Å². The summed E-state index contributed by atoms with van der Waals surface area (Å²) in [6, 6.07) is 5.84. The molecule has 0 bridgehead atoms. The van der Waals surface area contributed by atoms with Crippen LogP contribution in [0.4, 0.5) is 0 Å². The Morgan fingerprint density at radius 2 is 2.06 bits per heavy atom. The molecule has 1 aromatic rings. The lowest BCUT2D eigenvalue weighted by molar-refractivity contribution is 0.411. The summed E-state index contributed by atoms with van der Waals surface area (Å²) in [5.41, 5.74) is 2.14. The molecule has 0 heterocycles. The van der Waals surface area contributed by atoms with Gasteiger partial charge in [0.15, 0.2) is 0 Å². The first-order valence-corrected chi connectivity index (χ1v) is 7.79. The van der Waals surface area contributed by atoms with Gasteiger partial charge in [0.2, 0.25) is 9.05 Å². The standard InChI is InChI=1S/C12H17ClO3S/c1-9-8-11(6-7-12(9)16-3)5-4-10(2)17(13,14)15/h6-8,10H,4-5H2,1-3H3. The SMILES string of the molecule is COc1ccc(CCC(C)S(=O)(=O)Cl)cc1C. The minimum Gasteiger partial charge on any atom is -0.496 e. The van der Waals surface area contributed by atoms with E-state index in [1.165, 1.54) is 0 Å². The summed E-state index contributed by atoms with van der Waals surface area (Å²) in [5, 5.41) is -0.522. The van der Waals surface area contributed by atoms with Crippen LogP contribution in [0.3, 0.4) is 0 Å². The number of hydrogen-bond donors (Lipinski definition) is 0. The quantitative estimate of drug-likeness (QED) is 0.777. The minimum absolute atomic E-state index is 0.522. The average molecular weight is 277 g/mol. The van der Waals surface area contributed by atoms with E-state index >= 15 is 0 Å². The Hall–Kier alpha value is -0.740. The molecule has 5 heteroatoms. The van der Waals surface area contributed by atoms with Gasteiger partial charge >= 0.3 is 0 Å². The second-order valence-electron chi connectivity index (χ2n) is 4.13. The Balaban J connectivity index is 2.68. The van der Waals surface area contributed by atoms with Crippen molar-refractivity contribution in [2.24, 2.45) is 0 Å². The first-order valence-electron chi connectivity index (χ1n) is 5.41. The van der Waals surface area contributed by atoms with E-state index in [2.05, 4.69) is 0 Å². The molecule has 3 nitrogen and oxygen atoms in total. The van der Waals surface area contributed by atoms with Gasteiger partial charge in [-0.3, -0.25) is 0 Å². The van der Waals surface area contributed by atoms with Crippen molar-refractivity contribution < 1.29 is 13.2 Å². The molecule has 1 unspecified atom stereocenters. The van der Waals surface area contributed by atoms with Crippen LogP contribution in [0.2, 0.25) is 0 Å². The van der Waals surface area contributed by atoms with E-state index in [9.17, 15) is 8.42 Å². The molecule has 0 aliphatic heterocycles. The molecule has 0 radical (unpaired) electrons. The maximum Gasteiger partial charge on any atom is 0.235 e. The summed E-state index contributed by atoms with van der Waals surface area (Å²) in [7, 11) is 3.46. The highest BCUT2D eigenvalue weighted by Crippen LogP contribution is 2.20. The molecule has 0 saturated heterocycles. The molecule has 0 amide bonds. The summed E-state index contributed by atoms with van der Waals surface area (Å²) in [6.45, 7) is 3.59. The molecule has 1 rings (SSSR count). The second-order valence-corrected chi connectivity index (χ2v) is 7.18. The molecule has 0 spiro atoms. The van der Waals surface area contributed by atoms with Crippen molar-refractivity contribution in [3.05, 3.63) is 29.3 Å². The van der Waals surface area contributed by atoms with Crippen LogP contribution in [-0.4, -0.2) is 20.8 Å². The van der Waals surface area contributed by atoms with E-state index in [4.69, 9.17) is 15.4 Å². The van der Waals surface area contributed by atoms with Gasteiger partial charge in [-0.2, -0.15) is 0 Å². The Labute approximate surface area is 107 Å².